The zero-order valence-corrected chi connectivity index (χ0v) is 14.6. The molecule has 0 aliphatic heterocycles. The highest BCUT2D eigenvalue weighted by Crippen LogP contribution is 2.27. The van der Waals surface area contributed by atoms with Crippen molar-refractivity contribution in [1.82, 2.24) is 9.62 Å². The van der Waals surface area contributed by atoms with Crippen molar-refractivity contribution in [2.75, 3.05) is 27.2 Å². The summed E-state index contributed by atoms with van der Waals surface area (Å²) in [6.45, 7) is 5.17. The van der Waals surface area contributed by atoms with Crippen LogP contribution in [0, 0.1) is 0 Å². The smallest absolute Gasteiger partial charge is 0.240 e. The number of nitrogens with zero attached hydrogens (tertiary/aromatic N) is 1. The zero-order chi connectivity index (χ0) is 15.3. The quantitative estimate of drug-likeness (QED) is 0.804. The van der Waals surface area contributed by atoms with Gasteiger partial charge in [0.05, 0.1) is 16.5 Å². The van der Waals surface area contributed by atoms with Crippen molar-refractivity contribution < 1.29 is 13.2 Å². The van der Waals surface area contributed by atoms with E-state index in [-0.39, 0.29) is 4.90 Å². The van der Waals surface area contributed by atoms with Crippen LogP contribution in [0.5, 0.6) is 5.75 Å². The summed E-state index contributed by atoms with van der Waals surface area (Å²) in [5.74, 6) is 0.600. The second-order valence-corrected chi connectivity index (χ2v) is 7.39. The van der Waals surface area contributed by atoms with E-state index in [0.29, 0.717) is 29.4 Å². The van der Waals surface area contributed by atoms with Gasteiger partial charge in [-0.3, -0.25) is 0 Å². The fourth-order valence-corrected chi connectivity index (χ4v) is 3.25. The van der Waals surface area contributed by atoms with Gasteiger partial charge in [0.25, 0.3) is 0 Å². The number of halogens is 1. The molecule has 0 aliphatic carbocycles. The average Bonchev–Trinajstić information content (AvgIpc) is 2.38. The van der Waals surface area contributed by atoms with E-state index >= 15 is 0 Å². The summed E-state index contributed by atoms with van der Waals surface area (Å²) in [7, 11) is 0.00587. The van der Waals surface area contributed by atoms with Gasteiger partial charge in [0, 0.05) is 19.1 Å². The molecule has 5 nitrogen and oxygen atoms in total. The van der Waals surface area contributed by atoms with E-state index in [2.05, 4.69) is 39.4 Å². The van der Waals surface area contributed by atoms with Crippen molar-refractivity contribution in [3.05, 3.63) is 22.7 Å². The Morgan fingerprint density at radius 1 is 1.40 bits per heavy atom. The lowest BCUT2D eigenvalue weighted by molar-refractivity contribution is 0.278. The number of benzene rings is 1. The van der Waals surface area contributed by atoms with Gasteiger partial charge in [-0.15, -0.1) is 0 Å². The molecule has 1 N–H and O–H groups in total. The predicted octanol–water partition coefficient (Wildman–Crippen LogP) is 2.08. The maximum atomic E-state index is 12.1. The van der Waals surface area contributed by atoms with E-state index in [0.717, 1.165) is 0 Å². The van der Waals surface area contributed by atoms with Crippen LogP contribution in [0.15, 0.2) is 27.6 Å². The number of sulfonamides is 1. The standard InChI is InChI=1S/C13H21BrN2O3S/c1-10(2)16(3)8-7-15-20(17,18)11-5-6-13(19-4)12(14)9-11/h5-6,9-10,15H,7-8H2,1-4H3. The van der Waals surface area contributed by atoms with E-state index in [1.807, 2.05) is 7.05 Å². The minimum absolute atomic E-state index is 0.220. The monoisotopic (exact) mass is 364 g/mol. The first-order valence-electron chi connectivity index (χ1n) is 6.31. The SMILES string of the molecule is COc1ccc(S(=O)(=O)NCCN(C)C(C)C)cc1Br. The van der Waals surface area contributed by atoms with E-state index in [9.17, 15) is 8.42 Å². The number of likely N-dealkylation sites (N-methyl/N-ethyl adjacent to an activating group) is 1. The molecule has 1 aromatic carbocycles. The molecule has 0 heterocycles. The summed E-state index contributed by atoms with van der Waals surface area (Å²) < 4.78 is 32.6. The Hall–Kier alpha value is -0.630. The molecule has 0 aromatic heterocycles. The number of ether oxygens (including phenoxy) is 1. The van der Waals surface area contributed by atoms with Crippen LogP contribution in [0.2, 0.25) is 0 Å². The first-order chi connectivity index (χ1) is 9.27. The van der Waals surface area contributed by atoms with Gasteiger partial charge >= 0.3 is 0 Å². The zero-order valence-electron chi connectivity index (χ0n) is 12.2. The molecule has 114 valence electrons. The molecule has 0 fully saturated rings. The number of nitrogens with one attached hydrogen (secondary N) is 1. The summed E-state index contributed by atoms with van der Waals surface area (Å²) in [5.41, 5.74) is 0. The van der Waals surface area contributed by atoms with Gasteiger partial charge in [-0.2, -0.15) is 0 Å². The number of hydrogen-bond donors (Lipinski definition) is 1. The molecule has 0 radical (unpaired) electrons. The van der Waals surface area contributed by atoms with Crippen LogP contribution in [0.4, 0.5) is 0 Å². The minimum atomic E-state index is -3.49. The molecule has 20 heavy (non-hydrogen) atoms. The largest absolute Gasteiger partial charge is 0.496 e. The van der Waals surface area contributed by atoms with E-state index in [4.69, 9.17) is 4.74 Å². The molecule has 7 heteroatoms. The number of hydrogen-bond acceptors (Lipinski definition) is 4. The predicted molar refractivity (Wildman–Crippen MR) is 83.6 cm³/mol. The van der Waals surface area contributed by atoms with Gasteiger partial charge in [0.15, 0.2) is 0 Å². The summed E-state index contributed by atoms with van der Waals surface area (Å²) in [6.07, 6.45) is 0. The Morgan fingerprint density at radius 2 is 2.05 bits per heavy atom. The summed E-state index contributed by atoms with van der Waals surface area (Å²) in [6, 6.07) is 5.07. The van der Waals surface area contributed by atoms with Crippen LogP contribution in [0.25, 0.3) is 0 Å². The second kappa shape index (κ2) is 7.40. The van der Waals surface area contributed by atoms with Crippen molar-refractivity contribution in [2.45, 2.75) is 24.8 Å². The van der Waals surface area contributed by atoms with Gasteiger partial charge in [0.2, 0.25) is 10.0 Å². The Morgan fingerprint density at radius 3 is 2.55 bits per heavy atom. The number of methoxy groups -OCH3 is 1. The van der Waals surface area contributed by atoms with Crippen LogP contribution < -0.4 is 9.46 Å². The summed E-state index contributed by atoms with van der Waals surface area (Å²) >= 11 is 3.28. The van der Waals surface area contributed by atoms with Gasteiger partial charge in [-0.05, 0) is 55.0 Å². The Bertz CT molecular complexity index is 547. The minimum Gasteiger partial charge on any atom is -0.496 e. The highest BCUT2D eigenvalue weighted by Gasteiger charge is 2.15. The van der Waals surface area contributed by atoms with Crippen molar-refractivity contribution in [3.63, 3.8) is 0 Å². The molecule has 0 aliphatic rings. The fourth-order valence-electron chi connectivity index (χ4n) is 1.51. The van der Waals surface area contributed by atoms with E-state index in [1.54, 1.807) is 6.07 Å². The van der Waals surface area contributed by atoms with Crippen LogP contribution >= 0.6 is 15.9 Å². The molecule has 1 rings (SSSR count). The molecule has 0 bridgehead atoms. The first-order valence-corrected chi connectivity index (χ1v) is 8.59. The Kier molecular flexibility index (Phi) is 6.44. The van der Waals surface area contributed by atoms with Gasteiger partial charge in [-0.25, -0.2) is 13.1 Å². The van der Waals surface area contributed by atoms with Crippen molar-refractivity contribution in [2.24, 2.45) is 0 Å². The molecule has 0 saturated heterocycles. The maximum Gasteiger partial charge on any atom is 0.240 e. The average molecular weight is 365 g/mol. The lowest BCUT2D eigenvalue weighted by Crippen LogP contribution is -2.36. The molecule has 0 atom stereocenters. The van der Waals surface area contributed by atoms with Crippen LogP contribution in [-0.4, -0.2) is 46.6 Å². The van der Waals surface area contributed by atoms with Crippen LogP contribution in [0.3, 0.4) is 0 Å². The maximum absolute atomic E-state index is 12.1. The summed E-state index contributed by atoms with van der Waals surface area (Å²) in [5, 5.41) is 0. The molecule has 0 amide bonds. The Balaban J connectivity index is 2.72. The van der Waals surface area contributed by atoms with E-state index in [1.165, 1.54) is 19.2 Å². The lowest BCUT2D eigenvalue weighted by atomic mass is 10.3. The normalized spacial score (nSPS) is 12.2. The topological polar surface area (TPSA) is 58.6 Å². The Labute approximate surface area is 129 Å². The second-order valence-electron chi connectivity index (χ2n) is 4.77. The third-order valence-corrected chi connectivity index (χ3v) is 5.15. The van der Waals surface area contributed by atoms with Gasteiger partial charge in [-0.1, -0.05) is 0 Å². The van der Waals surface area contributed by atoms with Crippen molar-refractivity contribution in [3.8, 4) is 5.75 Å². The lowest BCUT2D eigenvalue weighted by Gasteiger charge is -2.20. The molecule has 0 spiro atoms. The van der Waals surface area contributed by atoms with E-state index < -0.39 is 10.0 Å². The highest BCUT2D eigenvalue weighted by molar-refractivity contribution is 9.10. The third kappa shape index (κ3) is 4.73. The molecule has 1 aromatic rings. The first kappa shape index (κ1) is 17.4. The molecule has 0 saturated carbocycles. The third-order valence-electron chi connectivity index (χ3n) is 3.07. The molecular formula is C13H21BrN2O3S. The molecule has 0 unspecified atom stereocenters. The summed E-state index contributed by atoms with van der Waals surface area (Å²) in [4.78, 5) is 2.30. The van der Waals surface area contributed by atoms with Crippen LogP contribution in [-0.2, 0) is 10.0 Å². The van der Waals surface area contributed by atoms with Gasteiger partial charge in [0.1, 0.15) is 5.75 Å². The van der Waals surface area contributed by atoms with Gasteiger partial charge < -0.3 is 9.64 Å². The highest BCUT2D eigenvalue weighted by atomic mass is 79.9. The number of rotatable bonds is 7. The molecular weight excluding hydrogens is 344 g/mol. The van der Waals surface area contributed by atoms with Crippen molar-refractivity contribution >= 4 is 26.0 Å². The van der Waals surface area contributed by atoms with Crippen LogP contribution in [0.1, 0.15) is 13.8 Å². The fraction of sp³-hybridized carbons (Fsp3) is 0.538. The van der Waals surface area contributed by atoms with Crippen molar-refractivity contribution in [1.29, 1.82) is 0 Å².